The summed E-state index contributed by atoms with van der Waals surface area (Å²) >= 11 is 12.2. The number of amides is 3. The number of nitrogens with zero attached hydrogens (tertiary/aromatic N) is 1. The van der Waals surface area contributed by atoms with Crippen molar-refractivity contribution in [3.05, 3.63) is 63.6 Å². The van der Waals surface area contributed by atoms with Crippen molar-refractivity contribution in [2.24, 2.45) is 10.9 Å². The molecule has 0 saturated heterocycles. The second-order valence-electron chi connectivity index (χ2n) is 6.13. The summed E-state index contributed by atoms with van der Waals surface area (Å²) < 4.78 is 0. The Labute approximate surface area is 174 Å². The maximum atomic E-state index is 12.5. The van der Waals surface area contributed by atoms with E-state index >= 15 is 0 Å². The second kappa shape index (κ2) is 8.18. The molecule has 1 aliphatic heterocycles. The number of anilines is 1. The number of nitrogens with one attached hydrogen (secondary N) is 3. The van der Waals surface area contributed by atoms with Gasteiger partial charge in [0, 0.05) is 28.3 Å². The molecule has 6 N–H and O–H groups in total. The molecule has 9 nitrogen and oxygen atoms in total. The van der Waals surface area contributed by atoms with Gasteiger partial charge in [-0.2, -0.15) is 5.10 Å². The highest BCUT2D eigenvalue weighted by Gasteiger charge is 2.46. The number of hydrazone groups is 1. The fraction of sp³-hybridized carbons (Fsp3) is 0.111. The Balaban J connectivity index is 2.03. The smallest absolute Gasteiger partial charge is 0.330 e. The molecule has 0 spiro atoms. The molecule has 0 unspecified atom stereocenters. The van der Waals surface area contributed by atoms with E-state index < -0.39 is 23.3 Å². The van der Waals surface area contributed by atoms with Gasteiger partial charge in [-0.25, -0.2) is 11.3 Å². The van der Waals surface area contributed by atoms with Gasteiger partial charge in [0.25, 0.3) is 5.91 Å². The third-order valence-electron chi connectivity index (χ3n) is 4.29. The van der Waals surface area contributed by atoms with E-state index in [9.17, 15) is 19.5 Å². The van der Waals surface area contributed by atoms with Gasteiger partial charge in [0.2, 0.25) is 0 Å². The van der Waals surface area contributed by atoms with Crippen LogP contribution in [0.25, 0.3) is 0 Å². The SMILES string of the molecule is NNC(=O)C(=O)N/N=C(/C[C@]1(O)C(=O)Nc2ccccc21)c1ccc(Cl)cc1Cl. The van der Waals surface area contributed by atoms with E-state index in [1.54, 1.807) is 29.7 Å². The number of carbonyl (C=O) groups is 3. The molecule has 0 aromatic heterocycles. The molecule has 3 amide bonds. The Hall–Kier alpha value is -2.98. The first kappa shape index (κ1) is 20.7. The molecule has 1 heterocycles. The fourth-order valence-electron chi connectivity index (χ4n) is 2.87. The summed E-state index contributed by atoms with van der Waals surface area (Å²) in [6.07, 6.45) is -0.346. The zero-order chi connectivity index (χ0) is 21.2. The van der Waals surface area contributed by atoms with Crippen LogP contribution in [0.2, 0.25) is 10.0 Å². The number of hydrogen-bond acceptors (Lipinski definition) is 6. The van der Waals surface area contributed by atoms with Gasteiger partial charge in [-0.05, 0) is 18.2 Å². The van der Waals surface area contributed by atoms with Crippen molar-refractivity contribution >= 4 is 52.3 Å². The molecule has 2 aromatic rings. The number of carbonyl (C=O) groups excluding carboxylic acids is 3. The van der Waals surface area contributed by atoms with E-state index in [0.717, 1.165) is 0 Å². The van der Waals surface area contributed by atoms with Gasteiger partial charge in [0.1, 0.15) is 0 Å². The summed E-state index contributed by atoms with van der Waals surface area (Å²) in [5.41, 5.74) is 2.86. The molecule has 29 heavy (non-hydrogen) atoms. The summed E-state index contributed by atoms with van der Waals surface area (Å²) in [6.45, 7) is 0. The molecule has 150 valence electrons. The van der Waals surface area contributed by atoms with Crippen molar-refractivity contribution in [1.82, 2.24) is 10.9 Å². The van der Waals surface area contributed by atoms with Crippen molar-refractivity contribution in [2.45, 2.75) is 12.0 Å². The zero-order valence-corrected chi connectivity index (χ0v) is 16.2. The molecule has 1 atom stereocenters. The molecule has 11 heteroatoms. The molecule has 3 rings (SSSR count). The van der Waals surface area contributed by atoms with Crippen molar-refractivity contribution in [1.29, 1.82) is 0 Å². The van der Waals surface area contributed by atoms with Crippen LogP contribution in [0.1, 0.15) is 17.5 Å². The maximum Gasteiger partial charge on any atom is 0.330 e. The zero-order valence-electron chi connectivity index (χ0n) is 14.7. The van der Waals surface area contributed by atoms with Crippen molar-refractivity contribution in [3.63, 3.8) is 0 Å². The lowest BCUT2D eigenvalue weighted by Gasteiger charge is -2.22. The number of halogens is 2. The number of hydrogen-bond donors (Lipinski definition) is 5. The molecule has 0 radical (unpaired) electrons. The number of nitrogens with two attached hydrogens (primary N) is 1. The standard InChI is InChI=1S/C18H15Cl2N5O4/c19-9-5-6-10(12(20)7-9)14(24-25-16(27)15(26)23-21)8-18(29)11-3-1-2-4-13(11)22-17(18)28/h1-7,29H,8,21H2,(H,22,28)(H,23,26)(H,25,27)/b24-14-/t18-/m1/s1. The largest absolute Gasteiger partial charge is 0.375 e. The number of para-hydroxylation sites is 1. The van der Waals surface area contributed by atoms with Gasteiger partial charge >= 0.3 is 11.8 Å². The van der Waals surface area contributed by atoms with E-state index in [1.165, 1.54) is 18.2 Å². The van der Waals surface area contributed by atoms with Crippen LogP contribution >= 0.6 is 23.2 Å². The summed E-state index contributed by atoms with van der Waals surface area (Å²) in [5, 5.41) is 18.2. The molecule has 0 saturated carbocycles. The number of aliphatic hydroxyl groups is 1. The molecule has 0 fully saturated rings. The fourth-order valence-corrected chi connectivity index (χ4v) is 3.39. The van der Waals surface area contributed by atoms with E-state index in [4.69, 9.17) is 29.0 Å². The first-order valence-corrected chi connectivity index (χ1v) is 8.98. The third-order valence-corrected chi connectivity index (χ3v) is 4.84. The van der Waals surface area contributed by atoms with E-state index in [-0.39, 0.29) is 17.2 Å². The minimum Gasteiger partial charge on any atom is -0.375 e. The molecular weight excluding hydrogens is 421 g/mol. The predicted octanol–water partition coefficient (Wildman–Crippen LogP) is 1.03. The van der Waals surface area contributed by atoms with Crippen LogP contribution < -0.4 is 22.0 Å². The van der Waals surface area contributed by atoms with Crippen molar-refractivity contribution in [2.75, 3.05) is 5.32 Å². The van der Waals surface area contributed by atoms with Gasteiger partial charge in [-0.1, -0.05) is 47.5 Å². The van der Waals surface area contributed by atoms with Gasteiger partial charge in [-0.15, -0.1) is 0 Å². The van der Waals surface area contributed by atoms with Gasteiger partial charge in [0.15, 0.2) is 5.60 Å². The molecule has 1 aliphatic rings. The topological polar surface area (TPSA) is 146 Å². The number of rotatable bonds is 4. The van der Waals surface area contributed by atoms with Crippen LogP contribution in [0.15, 0.2) is 47.6 Å². The molecular formula is C18H15Cl2N5O4. The van der Waals surface area contributed by atoms with Crippen LogP contribution in [-0.2, 0) is 20.0 Å². The molecule has 0 aliphatic carbocycles. The quantitative estimate of drug-likeness (QED) is 0.160. The maximum absolute atomic E-state index is 12.5. The average Bonchev–Trinajstić information content (AvgIpc) is 2.95. The van der Waals surface area contributed by atoms with E-state index in [2.05, 4.69) is 10.4 Å². The Morgan fingerprint density at radius 1 is 1.17 bits per heavy atom. The normalized spacial score (nSPS) is 18.1. The average molecular weight is 436 g/mol. The van der Waals surface area contributed by atoms with Crippen molar-refractivity contribution < 1.29 is 19.5 Å². The van der Waals surface area contributed by atoms with Gasteiger partial charge in [-0.3, -0.25) is 19.8 Å². The highest BCUT2D eigenvalue weighted by atomic mass is 35.5. The molecule has 0 bridgehead atoms. The van der Waals surface area contributed by atoms with Gasteiger partial charge < -0.3 is 10.4 Å². The Morgan fingerprint density at radius 3 is 2.59 bits per heavy atom. The summed E-state index contributed by atoms with van der Waals surface area (Å²) in [6, 6.07) is 11.1. The predicted molar refractivity (Wildman–Crippen MR) is 107 cm³/mol. The highest BCUT2D eigenvalue weighted by Crippen LogP contribution is 2.39. The monoisotopic (exact) mass is 435 g/mol. The van der Waals surface area contributed by atoms with Crippen LogP contribution in [0, 0.1) is 0 Å². The van der Waals surface area contributed by atoms with Crippen molar-refractivity contribution in [3.8, 4) is 0 Å². The van der Waals surface area contributed by atoms with E-state index in [1.807, 2.05) is 5.43 Å². The number of hydrazine groups is 1. The lowest BCUT2D eigenvalue weighted by Crippen LogP contribution is -2.42. The highest BCUT2D eigenvalue weighted by molar-refractivity contribution is 6.37. The Bertz CT molecular complexity index is 1040. The van der Waals surface area contributed by atoms with Crippen LogP contribution in [0.5, 0.6) is 0 Å². The summed E-state index contributed by atoms with van der Waals surface area (Å²) in [4.78, 5) is 35.6. The van der Waals surface area contributed by atoms with Crippen LogP contribution in [0.4, 0.5) is 5.69 Å². The lowest BCUT2D eigenvalue weighted by molar-refractivity contribution is -0.139. The minimum atomic E-state index is -1.97. The number of benzene rings is 2. The minimum absolute atomic E-state index is 0.0409. The molecule has 2 aromatic carbocycles. The second-order valence-corrected chi connectivity index (χ2v) is 6.98. The first-order chi connectivity index (χ1) is 13.8. The van der Waals surface area contributed by atoms with E-state index in [0.29, 0.717) is 21.8 Å². The number of fused-ring (bicyclic) bond motifs is 1. The first-order valence-electron chi connectivity index (χ1n) is 8.22. The summed E-state index contributed by atoms with van der Waals surface area (Å²) in [5.74, 6) is 1.99. The summed E-state index contributed by atoms with van der Waals surface area (Å²) in [7, 11) is 0. The van der Waals surface area contributed by atoms with Crippen LogP contribution in [0.3, 0.4) is 0 Å². The lowest BCUT2D eigenvalue weighted by atomic mass is 9.87. The Morgan fingerprint density at radius 2 is 1.90 bits per heavy atom. The Kier molecular flexibility index (Phi) is 5.85. The third kappa shape index (κ3) is 4.08. The van der Waals surface area contributed by atoms with Gasteiger partial charge in [0.05, 0.1) is 10.7 Å². The van der Waals surface area contributed by atoms with Crippen LogP contribution in [-0.4, -0.2) is 28.5 Å².